The zero-order valence-electron chi connectivity index (χ0n) is 14.1. The normalized spacial score (nSPS) is 20.1. The molecule has 0 N–H and O–H groups in total. The molecule has 4 heteroatoms. The van der Waals surface area contributed by atoms with Crippen LogP contribution in [0.2, 0.25) is 0 Å². The van der Waals surface area contributed by atoms with Crippen molar-refractivity contribution in [1.82, 2.24) is 0 Å². The molecular weight excluding hydrogens is 304 g/mol. The van der Waals surface area contributed by atoms with Crippen LogP contribution in [0.15, 0.2) is 54.3 Å². The van der Waals surface area contributed by atoms with Gasteiger partial charge in [0.05, 0.1) is 0 Å². The highest BCUT2D eigenvalue weighted by molar-refractivity contribution is 5.44. The van der Waals surface area contributed by atoms with E-state index in [9.17, 15) is 0 Å². The van der Waals surface area contributed by atoms with E-state index < -0.39 is 0 Å². The fourth-order valence-corrected chi connectivity index (χ4v) is 2.90. The van der Waals surface area contributed by atoms with Crippen molar-refractivity contribution >= 4 is 0 Å². The monoisotopic (exact) mass is 328 g/mol. The van der Waals surface area contributed by atoms with E-state index in [2.05, 4.69) is 31.7 Å². The Labute approximate surface area is 143 Å². The number of hydrogen-bond acceptors (Lipinski definition) is 4. The number of fused-ring (bicyclic) bond motifs is 2. The summed E-state index contributed by atoms with van der Waals surface area (Å²) in [4.78, 5) is 0. The largest absolute Gasteiger partial charge is 0.469 e. The third-order valence-corrected chi connectivity index (χ3v) is 4.13. The molecule has 128 valence electrons. The molecule has 0 bridgehead atoms. The molecule has 1 aromatic rings. The second-order valence-electron chi connectivity index (χ2n) is 5.95. The molecule has 1 unspecified atom stereocenters. The standard InChI is InChI=1S/2C10H12O2/c2*1-2-3-8-4-5-9-10(6-8)12-7-11-9/h4-6H,2-3,7H2,1H3;2,4-5,10H,1,3,6-7H2. The van der Waals surface area contributed by atoms with Crippen molar-refractivity contribution in [2.75, 3.05) is 13.6 Å². The number of allylic oxidation sites excluding steroid dienone is 3. The second kappa shape index (κ2) is 8.06. The first-order valence-electron chi connectivity index (χ1n) is 8.43. The number of aryl methyl sites for hydroxylation is 1. The molecule has 4 rings (SSSR count). The summed E-state index contributed by atoms with van der Waals surface area (Å²) in [7, 11) is 0. The first-order valence-corrected chi connectivity index (χ1v) is 8.43. The lowest BCUT2D eigenvalue weighted by Crippen LogP contribution is -2.11. The van der Waals surface area contributed by atoms with E-state index in [1.807, 2.05) is 18.2 Å². The van der Waals surface area contributed by atoms with E-state index in [0.29, 0.717) is 13.6 Å². The van der Waals surface area contributed by atoms with E-state index in [1.165, 1.54) is 17.6 Å². The van der Waals surface area contributed by atoms with Crippen LogP contribution >= 0.6 is 0 Å². The molecule has 0 amide bonds. The Hall–Kier alpha value is -2.20. The van der Waals surface area contributed by atoms with E-state index in [0.717, 1.165) is 36.5 Å². The van der Waals surface area contributed by atoms with Crippen LogP contribution in [0.5, 0.6) is 11.5 Å². The van der Waals surface area contributed by atoms with Crippen LogP contribution in [0.3, 0.4) is 0 Å². The minimum Gasteiger partial charge on any atom is -0.469 e. The summed E-state index contributed by atoms with van der Waals surface area (Å²) in [5.41, 5.74) is 2.69. The predicted molar refractivity (Wildman–Crippen MR) is 93.0 cm³/mol. The number of hydrogen-bond donors (Lipinski definition) is 0. The maximum Gasteiger partial charge on any atom is 0.231 e. The fourth-order valence-electron chi connectivity index (χ4n) is 2.90. The average Bonchev–Trinajstić information content (AvgIpc) is 3.24. The summed E-state index contributed by atoms with van der Waals surface area (Å²) >= 11 is 0. The molecule has 24 heavy (non-hydrogen) atoms. The van der Waals surface area contributed by atoms with E-state index in [4.69, 9.17) is 18.9 Å². The molecule has 2 aliphatic heterocycles. The van der Waals surface area contributed by atoms with Crippen LogP contribution in [0.25, 0.3) is 0 Å². The molecule has 1 aliphatic carbocycles. The van der Waals surface area contributed by atoms with Crippen LogP contribution in [0.4, 0.5) is 0 Å². The Morgan fingerprint density at radius 1 is 1.12 bits per heavy atom. The third-order valence-electron chi connectivity index (χ3n) is 4.13. The van der Waals surface area contributed by atoms with Gasteiger partial charge in [0.25, 0.3) is 0 Å². The van der Waals surface area contributed by atoms with Gasteiger partial charge in [0.15, 0.2) is 18.3 Å². The lowest BCUT2D eigenvalue weighted by Gasteiger charge is -2.14. The van der Waals surface area contributed by atoms with Gasteiger partial charge in [-0.3, -0.25) is 0 Å². The van der Waals surface area contributed by atoms with Crippen molar-refractivity contribution in [1.29, 1.82) is 0 Å². The highest BCUT2D eigenvalue weighted by atomic mass is 16.7. The molecule has 4 nitrogen and oxygen atoms in total. The van der Waals surface area contributed by atoms with Crippen molar-refractivity contribution < 1.29 is 18.9 Å². The van der Waals surface area contributed by atoms with Crippen molar-refractivity contribution in [3.63, 3.8) is 0 Å². The van der Waals surface area contributed by atoms with Crippen LogP contribution in [-0.4, -0.2) is 19.7 Å². The molecular formula is C20H24O4. The van der Waals surface area contributed by atoms with Crippen molar-refractivity contribution in [2.45, 2.75) is 38.7 Å². The van der Waals surface area contributed by atoms with Gasteiger partial charge in [0, 0.05) is 6.42 Å². The fraction of sp³-hybridized carbons (Fsp3) is 0.400. The Bertz CT molecular complexity index is 645. The first kappa shape index (κ1) is 16.7. The number of rotatable bonds is 4. The average molecular weight is 328 g/mol. The number of ether oxygens (including phenoxy) is 4. The van der Waals surface area contributed by atoms with E-state index in [1.54, 1.807) is 0 Å². The van der Waals surface area contributed by atoms with Crippen LogP contribution < -0.4 is 9.47 Å². The van der Waals surface area contributed by atoms with Gasteiger partial charge in [-0.1, -0.05) is 37.1 Å². The minimum atomic E-state index is 0.171. The maximum atomic E-state index is 5.37. The summed E-state index contributed by atoms with van der Waals surface area (Å²) in [5, 5.41) is 0. The molecule has 0 spiro atoms. The predicted octanol–water partition coefficient (Wildman–Crippen LogP) is 4.52. The van der Waals surface area contributed by atoms with Crippen molar-refractivity contribution in [3.05, 3.63) is 59.9 Å². The Morgan fingerprint density at radius 2 is 2.00 bits per heavy atom. The molecule has 0 saturated carbocycles. The van der Waals surface area contributed by atoms with E-state index in [-0.39, 0.29) is 6.10 Å². The first-order chi connectivity index (χ1) is 11.8. The van der Waals surface area contributed by atoms with Gasteiger partial charge < -0.3 is 18.9 Å². The van der Waals surface area contributed by atoms with Gasteiger partial charge in [-0.15, -0.1) is 6.58 Å². The lowest BCUT2D eigenvalue weighted by atomic mass is 9.99. The molecule has 0 aromatic heterocycles. The zero-order valence-corrected chi connectivity index (χ0v) is 14.1. The van der Waals surface area contributed by atoms with Gasteiger partial charge in [-0.25, -0.2) is 0 Å². The SMILES string of the molecule is C=CCC1=CC=C2OCOC2C1.CCCc1ccc2c(c1)OCO2. The summed E-state index contributed by atoms with van der Waals surface area (Å²) in [6.07, 6.45) is 10.4. The highest BCUT2D eigenvalue weighted by Crippen LogP contribution is 2.32. The minimum absolute atomic E-state index is 0.171. The maximum absolute atomic E-state index is 5.37. The quantitative estimate of drug-likeness (QED) is 0.762. The molecule has 1 aromatic carbocycles. The van der Waals surface area contributed by atoms with Gasteiger partial charge in [0.1, 0.15) is 11.9 Å². The molecule has 3 aliphatic rings. The van der Waals surface area contributed by atoms with Crippen molar-refractivity contribution in [2.24, 2.45) is 0 Å². The Kier molecular flexibility index (Phi) is 5.59. The molecule has 1 atom stereocenters. The topological polar surface area (TPSA) is 36.9 Å². The molecule has 0 radical (unpaired) electrons. The summed E-state index contributed by atoms with van der Waals surface area (Å²) in [6, 6.07) is 6.14. The van der Waals surface area contributed by atoms with Gasteiger partial charge >= 0.3 is 0 Å². The summed E-state index contributed by atoms with van der Waals surface area (Å²) in [5.74, 6) is 2.73. The lowest BCUT2D eigenvalue weighted by molar-refractivity contribution is 0.0500. The number of benzene rings is 1. The summed E-state index contributed by atoms with van der Waals surface area (Å²) in [6.45, 7) is 6.65. The van der Waals surface area contributed by atoms with E-state index >= 15 is 0 Å². The van der Waals surface area contributed by atoms with Gasteiger partial charge in [-0.2, -0.15) is 0 Å². The van der Waals surface area contributed by atoms with Gasteiger partial charge in [0.2, 0.25) is 6.79 Å². The summed E-state index contributed by atoms with van der Waals surface area (Å²) < 4.78 is 21.1. The smallest absolute Gasteiger partial charge is 0.231 e. The second-order valence-corrected chi connectivity index (χ2v) is 5.95. The van der Waals surface area contributed by atoms with Crippen molar-refractivity contribution in [3.8, 4) is 11.5 Å². The van der Waals surface area contributed by atoms with Crippen LogP contribution in [-0.2, 0) is 15.9 Å². The Balaban J connectivity index is 0.000000141. The molecule has 2 heterocycles. The third kappa shape index (κ3) is 4.01. The Morgan fingerprint density at radius 3 is 2.83 bits per heavy atom. The molecule has 1 saturated heterocycles. The highest BCUT2D eigenvalue weighted by Gasteiger charge is 2.25. The van der Waals surface area contributed by atoms with Crippen LogP contribution in [0, 0.1) is 0 Å². The van der Waals surface area contributed by atoms with Crippen LogP contribution in [0.1, 0.15) is 31.7 Å². The van der Waals surface area contributed by atoms with Gasteiger partial charge in [-0.05, 0) is 36.6 Å². The molecule has 1 fully saturated rings. The zero-order chi connectivity index (χ0) is 16.8.